The van der Waals surface area contributed by atoms with Gasteiger partial charge in [0.1, 0.15) is 22.8 Å². The van der Waals surface area contributed by atoms with Gasteiger partial charge in [0.15, 0.2) is 6.29 Å². The van der Waals surface area contributed by atoms with E-state index < -0.39 is 5.82 Å². The average Bonchev–Trinajstić information content (AvgIpc) is 2.29. The predicted octanol–water partition coefficient (Wildman–Crippen LogP) is 2.20. The topological polar surface area (TPSA) is 39.2 Å². The normalized spacial score (nSPS) is 10.3. The van der Waals surface area contributed by atoms with Crippen molar-refractivity contribution in [1.82, 2.24) is 4.98 Å². The Labute approximate surface area is 85.5 Å². The molecule has 0 saturated heterocycles. The van der Waals surface area contributed by atoms with Gasteiger partial charge in [0, 0.05) is 5.39 Å². The summed E-state index contributed by atoms with van der Waals surface area (Å²) in [5.41, 5.74) is 0.355. The molecular weight excluding hydrogens is 197 g/mol. The second kappa shape index (κ2) is 3.65. The first-order valence-electron chi connectivity index (χ1n) is 4.34. The number of carbonyl (C=O) groups excluding carboxylic acids is 1. The second-order valence-electron chi connectivity index (χ2n) is 3.00. The van der Waals surface area contributed by atoms with E-state index in [1.54, 1.807) is 6.07 Å². The Balaban J connectivity index is 2.81. The van der Waals surface area contributed by atoms with Crippen LogP contribution in [-0.2, 0) is 0 Å². The summed E-state index contributed by atoms with van der Waals surface area (Å²) in [5, 5.41) is 0.558. The number of halogens is 1. The Morgan fingerprint density at radius 3 is 2.80 bits per heavy atom. The molecular formula is C11H8FNO2. The molecule has 15 heavy (non-hydrogen) atoms. The van der Waals surface area contributed by atoms with Crippen molar-refractivity contribution in [1.29, 1.82) is 0 Å². The Bertz CT molecular complexity index is 525. The van der Waals surface area contributed by atoms with E-state index in [4.69, 9.17) is 4.74 Å². The molecule has 0 radical (unpaired) electrons. The quantitative estimate of drug-likeness (QED) is 0.705. The number of pyridine rings is 1. The van der Waals surface area contributed by atoms with Crippen LogP contribution in [0.4, 0.5) is 4.39 Å². The number of nitrogens with zero attached hydrogens (tertiary/aromatic N) is 1. The smallest absolute Gasteiger partial charge is 0.168 e. The van der Waals surface area contributed by atoms with Crippen molar-refractivity contribution >= 4 is 17.2 Å². The van der Waals surface area contributed by atoms with E-state index in [2.05, 4.69) is 4.98 Å². The van der Waals surface area contributed by atoms with Crippen LogP contribution in [0.2, 0.25) is 0 Å². The van der Waals surface area contributed by atoms with Crippen LogP contribution in [0.25, 0.3) is 10.9 Å². The van der Waals surface area contributed by atoms with E-state index in [-0.39, 0.29) is 11.2 Å². The van der Waals surface area contributed by atoms with Crippen molar-refractivity contribution in [3.63, 3.8) is 0 Å². The number of hydrogen-bond acceptors (Lipinski definition) is 3. The number of ether oxygens (including phenoxy) is 1. The van der Waals surface area contributed by atoms with Gasteiger partial charge in [-0.15, -0.1) is 0 Å². The van der Waals surface area contributed by atoms with Crippen LogP contribution >= 0.6 is 0 Å². The van der Waals surface area contributed by atoms with Gasteiger partial charge in [-0.05, 0) is 24.3 Å². The zero-order valence-electron chi connectivity index (χ0n) is 8.03. The highest BCUT2D eigenvalue weighted by Crippen LogP contribution is 2.26. The average molecular weight is 205 g/mol. The van der Waals surface area contributed by atoms with E-state index in [1.807, 2.05) is 0 Å². The van der Waals surface area contributed by atoms with Gasteiger partial charge >= 0.3 is 0 Å². The summed E-state index contributed by atoms with van der Waals surface area (Å²) in [6, 6.07) is 5.94. The minimum atomic E-state index is -0.463. The molecule has 0 aliphatic carbocycles. The molecule has 2 aromatic rings. The lowest BCUT2D eigenvalue weighted by Crippen LogP contribution is -1.93. The number of hydrogen-bond donors (Lipinski definition) is 0. The summed E-state index contributed by atoms with van der Waals surface area (Å²) in [6.45, 7) is 0. The zero-order valence-corrected chi connectivity index (χ0v) is 8.03. The number of carbonyl (C=O) groups is 1. The summed E-state index contributed by atoms with van der Waals surface area (Å²) in [6.07, 6.45) is 0.582. The molecule has 1 aromatic heterocycles. The molecule has 0 N–H and O–H groups in total. The molecule has 0 unspecified atom stereocenters. The Morgan fingerprint density at radius 1 is 1.33 bits per heavy atom. The molecule has 1 heterocycles. The summed E-state index contributed by atoms with van der Waals surface area (Å²) in [4.78, 5) is 14.4. The summed E-state index contributed by atoms with van der Waals surface area (Å²) in [7, 11) is 1.50. The molecule has 0 aliphatic rings. The van der Waals surface area contributed by atoms with E-state index >= 15 is 0 Å². The Morgan fingerprint density at radius 2 is 2.13 bits per heavy atom. The van der Waals surface area contributed by atoms with E-state index in [1.165, 1.54) is 25.3 Å². The molecule has 0 amide bonds. The van der Waals surface area contributed by atoms with Crippen LogP contribution in [0, 0.1) is 5.82 Å². The minimum absolute atomic E-state index is 0.152. The van der Waals surface area contributed by atoms with Crippen molar-refractivity contribution in [2.45, 2.75) is 0 Å². The van der Waals surface area contributed by atoms with Crippen molar-refractivity contribution in [2.24, 2.45) is 0 Å². The summed E-state index contributed by atoms with van der Waals surface area (Å²) >= 11 is 0. The van der Waals surface area contributed by atoms with Gasteiger partial charge in [0.05, 0.1) is 7.11 Å². The maximum Gasteiger partial charge on any atom is 0.168 e. The third kappa shape index (κ3) is 1.54. The lowest BCUT2D eigenvalue weighted by Gasteiger charge is -2.05. The Kier molecular flexibility index (Phi) is 2.33. The first-order valence-corrected chi connectivity index (χ1v) is 4.34. The number of rotatable bonds is 2. The fourth-order valence-corrected chi connectivity index (χ4v) is 1.42. The van der Waals surface area contributed by atoms with Crippen molar-refractivity contribution in [3.05, 3.63) is 35.8 Å². The fraction of sp³-hybridized carbons (Fsp3) is 0.0909. The first-order chi connectivity index (χ1) is 7.26. The third-order valence-corrected chi connectivity index (χ3v) is 2.13. The largest absolute Gasteiger partial charge is 0.496 e. The molecule has 0 spiro atoms. The van der Waals surface area contributed by atoms with Gasteiger partial charge in [0.2, 0.25) is 0 Å². The molecule has 0 saturated carbocycles. The van der Waals surface area contributed by atoms with Gasteiger partial charge in [-0.3, -0.25) is 4.79 Å². The third-order valence-electron chi connectivity index (χ3n) is 2.13. The maximum atomic E-state index is 13.4. The number of methoxy groups -OCH3 is 1. The van der Waals surface area contributed by atoms with Crippen LogP contribution in [-0.4, -0.2) is 18.4 Å². The highest BCUT2D eigenvalue weighted by molar-refractivity contribution is 5.88. The summed E-state index contributed by atoms with van der Waals surface area (Å²) in [5.74, 6) is 0.0749. The number of aromatic nitrogens is 1. The zero-order chi connectivity index (χ0) is 10.8. The van der Waals surface area contributed by atoms with E-state index in [0.29, 0.717) is 17.4 Å². The molecule has 0 atom stereocenters. The van der Waals surface area contributed by atoms with Crippen LogP contribution in [0.1, 0.15) is 10.5 Å². The molecule has 0 aliphatic heterocycles. The van der Waals surface area contributed by atoms with Gasteiger partial charge in [-0.25, -0.2) is 9.37 Å². The highest BCUT2D eigenvalue weighted by atomic mass is 19.1. The maximum absolute atomic E-state index is 13.4. The molecule has 1 aromatic carbocycles. The van der Waals surface area contributed by atoms with Crippen LogP contribution in [0.5, 0.6) is 5.75 Å². The monoisotopic (exact) mass is 205 g/mol. The molecule has 76 valence electrons. The minimum Gasteiger partial charge on any atom is -0.496 e. The molecule has 0 bridgehead atoms. The highest BCUT2D eigenvalue weighted by Gasteiger charge is 2.08. The second-order valence-corrected chi connectivity index (χ2v) is 3.00. The molecule has 4 heteroatoms. The predicted molar refractivity (Wildman–Crippen MR) is 53.6 cm³/mol. The lowest BCUT2D eigenvalue weighted by atomic mass is 10.2. The lowest BCUT2D eigenvalue weighted by molar-refractivity contribution is 0.111. The molecule has 3 nitrogen and oxygen atoms in total. The first kappa shape index (κ1) is 9.58. The number of fused-ring (bicyclic) bond motifs is 1. The van der Waals surface area contributed by atoms with Gasteiger partial charge in [-0.1, -0.05) is 0 Å². The standard InChI is InChI=1S/C11H8FNO2/c1-15-10-5-4-9(12)11-8(10)3-2-7(6-14)13-11/h2-6H,1H3. The molecule has 2 rings (SSSR count). The Hall–Kier alpha value is -1.97. The van der Waals surface area contributed by atoms with Gasteiger partial charge < -0.3 is 4.74 Å². The van der Waals surface area contributed by atoms with Crippen LogP contribution < -0.4 is 4.74 Å². The van der Waals surface area contributed by atoms with Gasteiger partial charge in [0.25, 0.3) is 0 Å². The summed E-state index contributed by atoms with van der Waals surface area (Å²) < 4.78 is 18.4. The molecule has 0 fully saturated rings. The van der Waals surface area contributed by atoms with Gasteiger partial charge in [-0.2, -0.15) is 0 Å². The van der Waals surface area contributed by atoms with Crippen LogP contribution in [0.15, 0.2) is 24.3 Å². The van der Waals surface area contributed by atoms with Crippen molar-refractivity contribution < 1.29 is 13.9 Å². The van der Waals surface area contributed by atoms with Crippen molar-refractivity contribution in [2.75, 3.05) is 7.11 Å². The number of aldehydes is 1. The van der Waals surface area contributed by atoms with E-state index in [9.17, 15) is 9.18 Å². The van der Waals surface area contributed by atoms with E-state index in [0.717, 1.165) is 0 Å². The fourth-order valence-electron chi connectivity index (χ4n) is 1.42. The number of benzene rings is 1. The van der Waals surface area contributed by atoms with Crippen molar-refractivity contribution in [3.8, 4) is 5.75 Å². The SMILES string of the molecule is COc1ccc(F)c2nc(C=O)ccc12. The van der Waals surface area contributed by atoms with Crippen LogP contribution in [0.3, 0.4) is 0 Å².